The molecule has 0 spiro atoms. The number of benzene rings is 3. The summed E-state index contributed by atoms with van der Waals surface area (Å²) in [5.41, 5.74) is 8.61. The Hall–Kier alpha value is -3.51. The number of hydrogen-bond acceptors (Lipinski definition) is 8. The van der Waals surface area contributed by atoms with Gasteiger partial charge in [-0.2, -0.15) is 0 Å². The summed E-state index contributed by atoms with van der Waals surface area (Å²) in [6.07, 6.45) is 4.51. The van der Waals surface area contributed by atoms with Gasteiger partial charge in [0.25, 0.3) is 0 Å². The molecule has 0 bridgehead atoms. The van der Waals surface area contributed by atoms with Crippen molar-refractivity contribution in [1.82, 2.24) is 0 Å². The Morgan fingerprint density at radius 2 is 1.58 bits per heavy atom. The van der Waals surface area contributed by atoms with Crippen molar-refractivity contribution < 1.29 is 48.1 Å². The van der Waals surface area contributed by atoms with Crippen LogP contribution in [0.4, 0.5) is 5.69 Å². The summed E-state index contributed by atoms with van der Waals surface area (Å²) >= 11 is 3.36. The highest BCUT2D eigenvalue weighted by molar-refractivity contribution is 9.09. The fourth-order valence-electron chi connectivity index (χ4n) is 6.22. The Bertz CT molecular complexity index is 1890. The normalized spacial score (nSPS) is 16.8. The number of alkyl halides is 1. The fourth-order valence-corrected chi connectivity index (χ4v) is 6.39. The molecule has 0 unspecified atom stereocenters. The Balaban J connectivity index is 0.000000743. The Morgan fingerprint density at radius 3 is 2.27 bits per heavy atom. The van der Waals surface area contributed by atoms with Crippen LogP contribution in [0.25, 0.3) is 16.7 Å². The number of hydrogen-bond donors (Lipinski definition) is 2. The highest BCUT2D eigenvalue weighted by Gasteiger charge is 2.31. The number of allylic oxidation sites excluding steroid dienone is 2. The smallest absolute Gasteiger partial charge is 0.338 e. The zero-order valence-electron chi connectivity index (χ0n) is 25.8. The third kappa shape index (κ3) is 7.17. The number of fused-ring (bicyclic) bond motifs is 4. The first-order valence-electron chi connectivity index (χ1n) is 14.3. The van der Waals surface area contributed by atoms with Gasteiger partial charge >= 0.3 is 5.97 Å². The maximum Gasteiger partial charge on any atom is 0.338 e. The zero-order valence-corrected chi connectivity index (χ0v) is 28.1. The first-order valence-corrected chi connectivity index (χ1v) is 16.6. The van der Waals surface area contributed by atoms with Gasteiger partial charge < -0.3 is 14.8 Å². The second-order valence-corrected chi connectivity index (χ2v) is 13.9. The van der Waals surface area contributed by atoms with Crippen LogP contribution in [0.5, 0.6) is 11.5 Å². The molecule has 0 fully saturated rings. The number of ether oxygens (including phenoxy) is 2. The number of carbonyl (C=O) groups is 1. The van der Waals surface area contributed by atoms with E-state index in [0.717, 1.165) is 55.6 Å². The number of anilines is 1. The molecule has 45 heavy (non-hydrogen) atoms. The number of carbonyl (C=O) groups excluding carboxylic acids is 1. The lowest BCUT2D eigenvalue weighted by Crippen LogP contribution is -2.89. The minimum Gasteiger partial charge on any atom is -0.461 e. The van der Waals surface area contributed by atoms with Crippen LogP contribution in [0.2, 0.25) is 0 Å². The van der Waals surface area contributed by atoms with E-state index >= 15 is 0 Å². The fraction of sp³-hybridized carbons (Fsp3) is 0.294. The van der Waals surface area contributed by atoms with Gasteiger partial charge in [0.2, 0.25) is 5.36 Å². The summed E-state index contributed by atoms with van der Waals surface area (Å²) in [5.74, 6) is 1.17. The van der Waals surface area contributed by atoms with E-state index in [0.29, 0.717) is 17.5 Å². The van der Waals surface area contributed by atoms with Crippen molar-refractivity contribution in [3.05, 3.63) is 99.1 Å². The lowest BCUT2D eigenvalue weighted by Gasteiger charge is -2.33. The molecule has 3 aliphatic rings. The van der Waals surface area contributed by atoms with Crippen LogP contribution < -0.4 is 44.3 Å². The maximum absolute atomic E-state index is 13.3. The molecule has 3 aromatic rings. The third-order valence-electron chi connectivity index (χ3n) is 7.64. The van der Waals surface area contributed by atoms with Gasteiger partial charge in [-0.15, -0.1) is 10.2 Å². The van der Waals surface area contributed by atoms with Crippen molar-refractivity contribution in [2.75, 3.05) is 17.3 Å². The molecule has 0 aromatic heterocycles. The molecule has 3 aliphatic heterocycles. The van der Waals surface area contributed by atoms with E-state index in [-0.39, 0.29) is 17.0 Å². The van der Waals surface area contributed by atoms with Gasteiger partial charge in [0.05, 0.1) is 17.2 Å². The zero-order chi connectivity index (χ0) is 32.9. The molecule has 0 saturated carbocycles. The van der Waals surface area contributed by atoms with E-state index < -0.39 is 10.2 Å². The summed E-state index contributed by atoms with van der Waals surface area (Å²) in [7, 11) is -4.94. The van der Waals surface area contributed by atoms with Crippen LogP contribution in [0.15, 0.2) is 60.7 Å². The van der Waals surface area contributed by atoms with Crippen LogP contribution in [0.1, 0.15) is 74.2 Å². The molecule has 9 nitrogen and oxygen atoms in total. The summed E-state index contributed by atoms with van der Waals surface area (Å²) in [5, 5.41) is 6.22. The molecule has 0 atom stereocenters. The summed E-state index contributed by atoms with van der Waals surface area (Å²) in [6.45, 7) is 13.3. The highest BCUT2D eigenvalue weighted by atomic mass is 79.9. The van der Waals surface area contributed by atoms with Crippen LogP contribution in [-0.4, -0.2) is 29.0 Å². The van der Waals surface area contributed by atoms with Gasteiger partial charge in [0, 0.05) is 58.4 Å². The van der Waals surface area contributed by atoms with Gasteiger partial charge in [-0.05, 0) is 68.7 Å². The minimum atomic E-state index is -4.94. The molecular weight excluding hydrogens is 664 g/mol. The van der Waals surface area contributed by atoms with E-state index in [9.17, 15) is 4.79 Å². The number of esters is 1. The quantitative estimate of drug-likeness (QED) is 0.229. The van der Waals surface area contributed by atoms with Crippen molar-refractivity contribution in [2.45, 2.75) is 52.6 Å². The first kappa shape index (κ1) is 32.9. The number of rotatable bonds is 4. The molecule has 0 aliphatic carbocycles. The second kappa shape index (κ2) is 12.0. The largest absolute Gasteiger partial charge is 0.461 e. The topological polar surface area (TPSA) is 154 Å². The molecular formula is C34H34BrClN2O7. The molecule has 11 heteroatoms. The number of halogens is 2. The third-order valence-corrected chi connectivity index (χ3v) is 7.97. The molecule has 2 N–H and O–H groups in total. The van der Waals surface area contributed by atoms with E-state index in [2.05, 4.69) is 104 Å². The van der Waals surface area contributed by atoms with Gasteiger partial charge in [-0.25, -0.2) is 28.4 Å². The summed E-state index contributed by atoms with van der Waals surface area (Å²) < 4.78 is 46.2. The number of nitrogens with one attached hydrogen (secondary N) is 2. The van der Waals surface area contributed by atoms with E-state index in [1.165, 1.54) is 11.1 Å². The van der Waals surface area contributed by atoms with E-state index in [4.69, 9.17) is 28.1 Å². The standard InChI is InChI=1S/C34H33BrN2O3.ClHO4/c1-19-17-33(3,4)36-27-15-29-25(13-23(19)27)31(21-9-7-8-10-22(21)32(38)39-12-11-35)26-14-24-20(2)18-34(5,6)37-28(24)16-30(26)40-29;2-1(3,4)5/h7-10,13-18,36H,11-12H2,1-6H3;(H,2,3,4,5). The highest BCUT2D eigenvalue weighted by Crippen LogP contribution is 2.44. The lowest BCUT2D eigenvalue weighted by molar-refractivity contribution is -2.00. The molecule has 0 amide bonds. The molecule has 6 rings (SSSR count). The monoisotopic (exact) mass is 696 g/mol. The lowest BCUT2D eigenvalue weighted by atomic mass is 9.84. The molecule has 3 aromatic carbocycles. The molecule has 0 saturated heterocycles. The Morgan fingerprint density at radius 1 is 0.911 bits per heavy atom. The Labute approximate surface area is 272 Å². The first-order chi connectivity index (χ1) is 21.0. The molecule has 3 heterocycles. The average molecular weight is 698 g/mol. The van der Waals surface area contributed by atoms with E-state index in [1.54, 1.807) is 0 Å². The van der Waals surface area contributed by atoms with Gasteiger partial charge in [-0.3, -0.25) is 0 Å². The van der Waals surface area contributed by atoms with Crippen LogP contribution in [-0.2, 0) is 4.74 Å². The average Bonchev–Trinajstić information content (AvgIpc) is 2.91. The van der Waals surface area contributed by atoms with Crippen molar-refractivity contribution in [3.63, 3.8) is 0 Å². The maximum atomic E-state index is 13.3. The summed E-state index contributed by atoms with van der Waals surface area (Å²) in [4.78, 5) is 16.9. The van der Waals surface area contributed by atoms with Gasteiger partial charge in [0.1, 0.15) is 18.1 Å². The Kier molecular flexibility index (Phi) is 8.78. The minimum absolute atomic E-state index is 0.172. The van der Waals surface area contributed by atoms with Crippen molar-refractivity contribution in [2.24, 2.45) is 0 Å². The van der Waals surface area contributed by atoms with Gasteiger partial charge in [0.15, 0.2) is 5.54 Å². The van der Waals surface area contributed by atoms with Crippen LogP contribution in [0, 0.1) is 10.2 Å². The van der Waals surface area contributed by atoms with E-state index in [1.807, 2.05) is 24.3 Å². The second-order valence-electron chi connectivity index (χ2n) is 12.4. The predicted octanol–water partition coefficient (Wildman–Crippen LogP) is 0.338. The van der Waals surface area contributed by atoms with Crippen LogP contribution >= 0.6 is 15.9 Å². The van der Waals surface area contributed by atoms with Crippen molar-refractivity contribution in [3.8, 4) is 11.5 Å². The van der Waals surface area contributed by atoms with Gasteiger partial charge in [-0.1, -0.05) is 40.2 Å². The predicted molar refractivity (Wildman–Crippen MR) is 163 cm³/mol. The summed E-state index contributed by atoms with van der Waals surface area (Å²) in [6, 6.07) is 16.3. The SMILES string of the molecule is CC1=CC(C)(C)Nc2cc3c(cc21)C(c1ccccc1C(=O)OCCBr)=c1cc2c(cc1O3)=[NH+]C(C)(C)C=C2C.[O-][Cl+3]([O-])([O-])[O-]. The molecule has 0 radical (unpaired) electrons. The van der Waals surface area contributed by atoms with Crippen LogP contribution in [0.3, 0.4) is 0 Å². The molecule has 236 valence electrons. The van der Waals surface area contributed by atoms with Crippen molar-refractivity contribution >= 4 is 44.3 Å². The van der Waals surface area contributed by atoms with Crippen molar-refractivity contribution in [1.29, 1.82) is 0 Å².